The summed E-state index contributed by atoms with van der Waals surface area (Å²) >= 11 is 0. The van der Waals surface area contributed by atoms with Crippen molar-refractivity contribution in [2.75, 3.05) is 5.75 Å². The van der Waals surface area contributed by atoms with Gasteiger partial charge in [-0.2, -0.15) is 0 Å². The Labute approximate surface area is 147 Å². The zero-order valence-corrected chi connectivity index (χ0v) is 14.6. The molecule has 0 N–H and O–H groups in total. The summed E-state index contributed by atoms with van der Waals surface area (Å²) in [4.78, 5) is 12.5. The minimum atomic E-state index is -3.49. The van der Waals surface area contributed by atoms with E-state index < -0.39 is 15.8 Å². The second-order valence-electron chi connectivity index (χ2n) is 5.61. The molecule has 0 fully saturated rings. The molecule has 0 atom stereocenters. The third-order valence-electron chi connectivity index (χ3n) is 4.06. The molecule has 0 aliphatic rings. The molecular weight excluding hydrogens is 336 g/mol. The molecule has 25 heavy (non-hydrogen) atoms. The van der Waals surface area contributed by atoms with Gasteiger partial charge >= 0.3 is 5.97 Å². The fraction of sp³-hybridized carbons (Fsp3) is 0.150. The van der Waals surface area contributed by atoms with Crippen LogP contribution in [0.3, 0.4) is 0 Å². The van der Waals surface area contributed by atoms with Crippen molar-refractivity contribution >= 4 is 26.6 Å². The molecule has 0 bridgehead atoms. The highest BCUT2D eigenvalue weighted by Crippen LogP contribution is 2.21. The van der Waals surface area contributed by atoms with Crippen molar-refractivity contribution in [1.29, 1.82) is 0 Å². The average molecular weight is 354 g/mol. The molecule has 0 unspecified atom stereocenters. The topological polar surface area (TPSA) is 60.4 Å². The molecule has 3 rings (SSSR count). The standard InChI is InChI=1S/C20H18O4S/c1-2-25(22,23)19-13-6-5-12-18(19)20(21)24-14-16-10-7-9-15-8-3-4-11-17(15)16/h3-13H,2,14H2,1H3. The number of rotatable bonds is 5. The molecule has 0 saturated heterocycles. The maximum Gasteiger partial charge on any atom is 0.339 e. The first-order valence-corrected chi connectivity index (χ1v) is 9.63. The van der Waals surface area contributed by atoms with Crippen LogP contribution in [0.2, 0.25) is 0 Å². The summed E-state index contributed by atoms with van der Waals surface area (Å²) in [5, 5.41) is 2.07. The second-order valence-corrected chi connectivity index (χ2v) is 7.86. The van der Waals surface area contributed by atoms with Gasteiger partial charge < -0.3 is 4.74 Å². The second kappa shape index (κ2) is 7.07. The van der Waals surface area contributed by atoms with Crippen molar-refractivity contribution in [2.45, 2.75) is 18.4 Å². The van der Waals surface area contributed by atoms with Crippen molar-refractivity contribution < 1.29 is 17.9 Å². The van der Waals surface area contributed by atoms with Gasteiger partial charge in [-0.15, -0.1) is 0 Å². The molecule has 0 radical (unpaired) electrons. The maximum absolute atomic E-state index is 12.5. The Morgan fingerprint density at radius 1 is 0.920 bits per heavy atom. The van der Waals surface area contributed by atoms with Crippen molar-refractivity contribution in [1.82, 2.24) is 0 Å². The van der Waals surface area contributed by atoms with Crippen LogP contribution in [0, 0.1) is 0 Å². The van der Waals surface area contributed by atoms with Crippen LogP contribution in [0.5, 0.6) is 0 Å². The zero-order valence-electron chi connectivity index (χ0n) is 13.8. The summed E-state index contributed by atoms with van der Waals surface area (Å²) < 4.78 is 29.7. The summed E-state index contributed by atoms with van der Waals surface area (Å²) in [5.74, 6) is -0.707. The molecule has 0 aliphatic heterocycles. The lowest BCUT2D eigenvalue weighted by Gasteiger charge is -2.11. The number of carbonyl (C=O) groups excluding carboxylic acids is 1. The molecule has 0 aromatic heterocycles. The van der Waals surface area contributed by atoms with Gasteiger partial charge in [-0.3, -0.25) is 0 Å². The first-order chi connectivity index (χ1) is 12.0. The minimum absolute atomic E-state index is 0.0143. The number of benzene rings is 3. The Balaban J connectivity index is 1.87. The molecule has 4 nitrogen and oxygen atoms in total. The molecule has 5 heteroatoms. The Morgan fingerprint density at radius 2 is 1.60 bits per heavy atom. The Bertz CT molecular complexity index is 1020. The summed E-state index contributed by atoms with van der Waals surface area (Å²) in [7, 11) is -3.49. The molecule has 0 aliphatic carbocycles. The maximum atomic E-state index is 12.5. The molecule has 3 aromatic carbocycles. The highest BCUT2D eigenvalue weighted by atomic mass is 32.2. The summed E-state index contributed by atoms with van der Waals surface area (Å²) in [5.41, 5.74) is 0.951. The number of ether oxygens (including phenoxy) is 1. The van der Waals surface area contributed by atoms with Crippen molar-refractivity contribution in [2.24, 2.45) is 0 Å². The van der Waals surface area contributed by atoms with Crippen molar-refractivity contribution in [3.05, 3.63) is 77.9 Å². The SMILES string of the molecule is CCS(=O)(=O)c1ccccc1C(=O)OCc1cccc2ccccc12. The van der Waals surface area contributed by atoms with Crippen LogP contribution < -0.4 is 0 Å². The first kappa shape index (κ1) is 17.2. The zero-order chi connectivity index (χ0) is 17.9. The third-order valence-corrected chi connectivity index (χ3v) is 5.85. The quantitative estimate of drug-likeness (QED) is 0.650. The van der Waals surface area contributed by atoms with Crippen molar-refractivity contribution in [3.63, 3.8) is 0 Å². The minimum Gasteiger partial charge on any atom is -0.457 e. The Hall–Kier alpha value is -2.66. The van der Waals surface area contributed by atoms with E-state index in [0.717, 1.165) is 16.3 Å². The van der Waals surface area contributed by atoms with Gasteiger partial charge in [-0.25, -0.2) is 13.2 Å². The molecule has 0 saturated carbocycles. The predicted octanol–water partition coefficient (Wildman–Crippen LogP) is 3.99. The van der Waals surface area contributed by atoms with E-state index in [1.807, 2.05) is 42.5 Å². The van der Waals surface area contributed by atoms with E-state index in [-0.39, 0.29) is 22.8 Å². The van der Waals surface area contributed by atoms with Crippen LogP contribution >= 0.6 is 0 Å². The third kappa shape index (κ3) is 3.56. The van der Waals surface area contributed by atoms with Gasteiger partial charge in [0, 0.05) is 0 Å². The molecule has 0 heterocycles. The van der Waals surface area contributed by atoms with Gasteiger partial charge in [0.2, 0.25) is 0 Å². The van der Waals surface area contributed by atoms with E-state index in [1.54, 1.807) is 19.1 Å². The normalized spacial score (nSPS) is 11.4. The van der Waals surface area contributed by atoms with Gasteiger partial charge in [-0.1, -0.05) is 61.5 Å². The van der Waals surface area contributed by atoms with Crippen molar-refractivity contribution in [3.8, 4) is 0 Å². The number of esters is 1. The van der Waals surface area contributed by atoms with Crippen LogP contribution in [-0.4, -0.2) is 20.1 Å². The van der Waals surface area contributed by atoms with Gasteiger partial charge in [0.25, 0.3) is 0 Å². The molecular formula is C20H18O4S. The monoisotopic (exact) mass is 354 g/mol. The summed E-state index contributed by atoms with van der Waals surface area (Å²) in [6.45, 7) is 1.63. The van der Waals surface area contributed by atoms with E-state index in [2.05, 4.69) is 0 Å². The van der Waals surface area contributed by atoms with Crippen LogP contribution in [-0.2, 0) is 21.2 Å². The molecule has 3 aromatic rings. The predicted molar refractivity (Wildman–Crippen MR) is 97.2 cm³/mol. The summed E-state index contributed by atoms with van der Waals surface area (Å²) in [6, 6.07) is 19.8. The number of hydrogen-bond acceptors (Lipinski definition) is 4. The first-order valence-electron chi connectivity index (χ1n) is 7.98. The molecule has 0 amide bonds. The van der Waals surface area contributed by atoms with Crippen LogP contribution in [0.25, 0.3) is 10.8 Å². The van der Waals surface area contributed by atoms with Gasteiger partial charge in [0.05, 0.1) is 16.2 Å². The molecule has 0 spiro atoms. The van der Waals surface area contributed by atoms with Crippen LogP contribution in [0.4, 0.5) is 0 Å². The average Bonchev–Trinajstić information content (AvgIpc) is 2.66. The fourth-order valence-corrected chi connectivity index (χ4v) is 3.78. The Morgan fingerprint density at radius 3 is 2.40 bits per heavy atom. The smallest absolute Gasteiger partial charge is 0.339 e. The largest absolute Gasteiger partial charge is 0.457 e. The van der Waals surface area contributed by atoms with Gasteiger partial charge in [0.1, 0.15) is 6.61 Å². The number of hydrogen-bond donors (Lipinski definition) is 0. The fourth-order valence-electron chi connectivity index (χ4n) is 2.70. The van der Waals surface area contributed by atoms with Crippen LogP contribution in [0.1, 0.15) is 22.8 Å². The Kier molecular flexibility index (Phi) is 4.86. The van der Waals surface area contributed by atoms with E-state index in [9.17, 15) is 13.2 Å². The van der Waals surface area contributed by atoms with E-state index in [1.165, 1.54) is 12.1 Å². The highest BCUT2D eigenvalue weighted by molar-refractivity contribution is 7.91. The number of sulfone groups is 1. The lowest BCUT2D eigenvalue weighted by Crippen LogP contribution is -2.13. The van der Waals surface area contributed by atoms with E-state index in [0.29, 0.717) is 0 Å². The number of carbonyl (C=O) groups is 1. The lowest BCUT2D eigenvalue weighted by molar-refractivity contribution is 0.0470. The molecule has 128 valence electrons. The lowest BCUT2D eigenvalue weighted by atomic mass is 10.1. The van der Waals surface area contributed by atoms with Crippen LogP contribution in [0.15, 0.2) is 71.6 Å². The van der Waals surface area contributed by atoms with E-state index >= 15 is 0 Å². The number of fused-ring (bicyclic) bond motifs is 1. The van der Waals surface area contributed by atoms with Gasteiger partial charge in [-0.05, 0) is 28.5 Å². The van der Waals surface area contributed by atoms with Gasteiger partial charge in [0.15, 0.2) is 9.84 Å². The highest BCUT2D eigenvalue weighted by Gasteiger charge is 2.21. The van der Waals surface area contributed by atoms with E-state index in [4.69, 9.17) is 4.74 Å². The summed E-state index contributed by atoms with van der Waals surface area (Å²) in [6.07, 6.45) is 0.